The minimum absolute atomic E-state index is 0.281. The third kappa shape index (κ3) is 7.55. The molecule has 16 nitrogen and oxygen atoms in total. The summed E-state index contributed by atoms with van der Waals surface area (Å²) >= 11 is 0. The van der Waals surface area contributed by atoms with Crippen LogP contribution in [-0.2, 0) is 4.74 Å². The highest BCUT2D eigenvalue weighted by molar-refractivity contribution is 6.35. The summed E-state index contributed by atoms with van der Waals surface area (Å²) in [5.41, 5.74) is 3.24. The predicted molar refractivity (Wildman–Crippen MR) is 208 cm³/mol. The number of imide groups is 2. The lowest BCUT2D eigenvalue weighted by Gasteiger charge is -2.36. The van der Waals surface area contributed by atoms with E-state index in [1.807, 2.05) is 32.9 Å². The highest BCUT2D eigenvalue weighted by Gasteiger charge is 2.39. The summed E-state index contributed by atoms with van der Waals surface area (Å²) < 4.78 is 10.5. The molecule has 4 aromatic rings. The number of rotatable bonds is 5. The van der Waals surface area contributed by atoms with Crippen molar-refractivity contribution in [3.8, 4) is 5.88 Å². The standard InChI is InChI=1S/C23H26N4O5.C17H16N4O3/c1-23(2,3)32-22(30)26-11-9-25(10-12-26)15-5-7-17-18(13-15)21(29)27(20(17)28)16-6-8-19(31-4)24-14-16;22-15-4-2-12(10-19-15)21-16(23)13-3-1-11(9-14(13)17(21)24)20-7-5-18-6-8-20/h5-8,13-14H,9-12H2,1-4H3;1-4,9-10,18H,5-8H2,(H,19,22). The average Bonchev–Trinajstić information content (AvgIpc) is 3.61. The van der Waals surface area contributed by atoms with Gasteiger partial charge in [0.15, 0.2) is 0 Å². The second-order valence-corrected chi connectivity index (χ2v) is 14.5. The number of aromatic nitrogens is 2. The molecule has 290 valence electrons. The quantitative estimate of drug-likeness (QED) is 0.283. The summed E-state index contributed by atoms with van der Waals surface area (Å²) in [4.78, 5) is 89.4. The van der Waals surface area contributed by atoms with E-state index in [0.29, 0.717) is 65.7 Å². The number of nitrogens with one attached hydrogen (secondary N) is 2. The number of benzene rings is 2. The smallest absolute Gasteiger partial charge is 0.410 e. The van der Waals surface area contributed by atoms with Crippen molar-refractivity contribution in [1.82, 2.24) is 20.2 Å². The second-order valence-electron chi connectivity index (χ2n) is 14.5. The highest BCUT2D eigenvalue weighted by atomic mass is 16.6. The molecule has 0 aliphatic carbocycles. The monoisotopic (exact) mass is 762 g/mol. The number of H-pyrrole nitrogens is 1. The molecule has 0 bridgehead atoms. The normalized spacial score (nSPS) is 16.8. The van der Waals surface area contributed by atoms with E-state index in [4.69, 9.17) is 9.47 Å². The number of anilines is 4. The van der Waals surface area contributed by atoms with Crippen molar-refractivity contribution in [2.24, 2.45) is 0 Å². The van der Waals surface area contributed by atoms with Gasteiger partial charge in [0.25, 0.3) is 23.6 Å². The number of hydrogen-bond donors (Lipinski definition) is 2. The molecule has 6 heterocycles. The Kier molecular flexibility index (Phi) is 10.3. The molecule has 0 saturated carbocycles. The van der Waals surface area contributed by atoms with E-state index >= 15 is 0 Å². The van der Waals surface area contributed by atoms with E-state index in [1.54, 1.807) is 41.3 Å². The van der Waals surface area contributed by atoms with Crippen LogP contribution >= 0.6 is 0 Å². The lowest BCUT2D eigenvalue weighted by Crippen LogP contribution is -2.50. The van der Waals surface area contributed by atoms with Gasteiger partial charge in [-0.2, -0.15) is 0 Å². The summed E-state index contributed by atoms with van der Waals surface area (Å²) in [6.45, 7) is 11.3. The third-order valence-corrected chi connectivity index (χ3v) is 9.73. The minimum Gasteiger partial charge on any atom is -0.481 e. The van der Waals surface area contributed by atoms with Crippen molar-refractivity contribution in [3.05, 3.63) is 106 Å². The number of amides is 5. The van der Waals surface area contributed by atoms with Gasteiger partial charge in [-0.25, -0.2) is 19.6 Å². The number of ether oxygens (including phenoxy) is 2. The Morgan fingerprint density at radius 3 is 1.66 bits per heavy atom. The van der Waals surface area contributed by atoms with E-state index in [0.717, 1.165) is 47.4 Å². The molecule has 2 fully saturated rings. The first-order chi connectivity index (χ1) is 26.8. The fourth-order valence-electron chi connectivity index (χ4n) is 6.88. The van der Waals surface area contributed by atoms with Crippen molar-refractivity contribution >= 4 is 52.5 Å². The van der Waals surface area contributed by atoms with Crippen LogP contribution in [0.1, 0.15) is 62.2 Å². The molecular weight excluding hydrogens is 720 g/mol. The number of carbonyl (C=O) groups excluding carboxylic acids is 5. The van der Waals surface area contributed by atoms with Gasteiger partial charge in [0.1, 0.15) is 5.60 Å². The van der Waals surface area contributed by atoms with Crippen LogP contribution in [0, 0.1) is 0 Å². The molecule has 2 N–H and O–H groups in total. The van der Waals surface area contributed by atoms with E-state index in [9.17, 15) is 28.8 Å². The molecule has 2 aromatic heterocycles. The summed E-state index contributed by atoms with van der Waals surface area (Å²) in [5.74, 6) is -1.09. The maximum absolute atomic E-state index is 13.0. The maximum atomic E-state index is 13.0. The number of pyridine rings is 2. The molecule has 56 heavy (non-hydrogen) atoms. The number of carbonyl (C=O) groups is 5. The van der Waals surface area contributed by atoms with E-state index in [1.165, 1.54) is 31.6 Å². The highest BCUT2D eigenvalue weighted by Crippen LogP contribution is 2.33. The van der Waals surface area contributed by atoms with Crippen molar-refractivity contribution in [3.63, 3.8) is 0 Å². The summed E-state index contributed by atoms with van der Waals surface area (Å²) in [5, 5.41) is 3.29. The van der Waals surface area contributed by atoms with Gasteiger partial charge in [0.2, 0.25) is 11.4 Å². The van der Waals surface area contributed by atoms with E-state index in [-0.39, 0.29) is 35.3 Å². The molecule has 5 amide bonds. The van der Waals surface area contributed by atoms with Crippen LogP contribution in [0.25, 0.3) is 0 Å². The first-order valence-electron chi connectivity index (χ1n) is 18.3. The summed E-state index contributed by atoms with van der Waals surface area (Å²) in [7, 11) is 1.50. The summed E-state index contributed by atoms with van der Waals surface area (Å²) in [6, 6.07) is 16.6. The molecule has 16 heteroatoms. The SMILES string of the molecule is COc1ccc(N2C(=O)c3ccc(N4CCN(C(=O)OC(C)(C)C)CC4)cc3C2=O)cn1.O=C1c2ccc(N3CCNCC3)cc2C(=O)N1c1ccc(=O)[nH]c1. The van der Waals surface area contributed by atoms with Gasteiger partial charge >= 0.3 is 6.09 Å². The van der Waals surface area contributed by atoms with Crippen molar-refractivity contribution in [1.29, 1.82) is 0 Å². The van der Waals surface area contributed by atoms with Gasteiger partial charge in [-0.05, 0) is 69.3 Å². The summed E-state index contributed by atoms with van der Waals surface area (Å²) in [6.07, 6.45) is 2.49. The molecule has 2 aromatic carbocycles. The lowest BCUT2D eigenvalue weighted by molar-refractivity contribution is 0.0240. The van der Waals surface area contributed by atoms with Crippen molar-refractivity contribution < 1.29 is 33.4 Å². The number of methoxy groups -OCH3 is 1. The molecule has 4 aliphatic rings. The number of fused-ring (bicyclic) bond motifs is 2. The number of nitrogens with zero attached hydrogens (tertiary/aromatic N) is 6. The van der Waals surface area contributed by atoms with Gasteiger partial charge in [-0.15, -0.1) is 0 Å². The van der Waals surface area contributed by atoms with E-state index in [2.05, 4.69) is 25.1 Å². The average molecular weight is 763 g/mol. The van der Waals surface area contributed by atoms with Crippen LogP contribution in [0.3, 0.4) is 0 Å². The van der Waals surface area contributed by atoms with Gasteiger partial charge in [-0.3, -0.25) is 24.0 Å². The largest absolute Gasteiger partial charge is 0.481 e. The topological polar surface area (TPSA) is 178 Å². The van der Waals surface area contributed by atoms with Crippen molar-refractivity contribution in [2.45, 2.75) is 26.4 Å². The maximum Gasteiger partial charge on any atom is 0.410 e. The first-order valence-corrected chi connectivity index (χ1v) is 18.3. The number of hydrogen-bond acceptors (Lipinski definition) is 12. The molecule has 4 aliphatic heterocycles. The fraction of sp³-hybridized carbons (Fsp3) is 0.325. The Morgan fingerprint density at radius 2 is 1.16 bits per heavy atom. The Morgan fingerprint density at radius 1 is 0.643 bits per heavy atom. The molecule has 0 atom stereocenters. The predicted octanol–water partition coefficient (Wildman–Crippen LogP) is 3.53. The molecule has 8 rings (SSSR count). The minimum atomic E-state index is -0.535. The van der Waals surface area contributed by atoms with Crippen LogP contribution in [0.5, 0.6) is 5.88 Å². The van der Waals surface area contributed by atoms with Crippen molar-refractivity contribution in [2.75, 3.05) is 79.1 Å². The van der Waals surface area contributed by atoms with Crippen LogP contribution in [0.2, 0.25) is 0 Å². The molecule has 0 radical (unpaired) electrons. The Balaban J connectivity index is 0.000000178. The lowest BCUT2D eigenvalue weighted by atomic mass is 10.1. The zero-order valence-corrected chi connectivity index (χ0v) is 31.5. The zero-order valence-electron chi connectivity index (χ0n) is 31.5. The van der Waals surface area contributed by atoms with Crippen LogP contribution < -0.4 is 35.2 Å². The third-order valence-electron chi connectivity index (χ3n) is 9.73. The first kappa shape index (κ1) is 37.8. The second kappa shape index (κ2) is 15.3. The number of aromatic amines is 1. The van der Waals surface area contributed by atoms with Gasteiger partial charge in [0.05, 0.1) is 46.9 Å². The Hall–Kier alpha value is -6.55. The molecular formula is C40H42N8O8. The molecule has 0 spiro atoms. The van der Waals surface area contributed by atoms with Gasteiger partial charge in [-0.1, -0.05) is 0 Å². The van der Waals surface area contributed by atoms with E-state index < -0.39 is 5.60 Å². The van der Waals surface area contributed by atoms with Crippen LogP contribution in [0.15, 0.2) is 77.9 Å². The Labute approximate surface area is 322 Å². The molecule has 2 saturated heterocycles. The zero-order chi connectivity index (χ0) is 39.7. The fourth-order valence-corrected chi connectivity index (χ4v) is 6.88. The number of piperazine rings is 2. The van der Waals surface area contributed by atoms with Crippen LogP contribution in [0.4, 0.5) is 27.5 Å². The van der Waals surface area contributed by atoms with Crippen LogP contribution in [-0.4, -0.2) is 110 Å². The van der Waals surface area contributed by atoms with Gasteiger partial charge in [0, 0.05) is 82.1 Å². The molecule has 0 unspecified atom stereocenters. The Bertz CT molecular complexity index is 2230. The van der Waals surface area contributed by atoms with Gasteiger partial charge < -0.3 is 34.5 Å².